The molecule has 18 heavy (non-hydrogen) atoms. The molecule has 2 aromatic rings. The zero-order valence-electron chi connectivity index (χ0n) is 11.7. The van der Waals surface area contributed by atoms with Crippen LogP contribution in [-0.2, 0) is 11.8 Å². The Bertz CT molecular complexity index is 556. The fourth-order valence-corrected chi connectivity index (χ4v) is 2.52. The Morgan fingerprint density at radius 2 is 1.94 bits per heavy atom. The number of nitrogens with zero attached hydrogens (tertiary/aromatic N) is 2. The molecule has 0 spiro atoms. The molecule has 2 rings (SSSR count). The van der Waals surface area contributed by atoms with Crippen LogP contribution in [0.1, 0.15) is 45.2 Å². The van der Waals surface area contributed by atoms with Crippen LogP contribution in [0.3, 0.4) is 0 Å². The van der Waals surface area contributed by atoms with Crippen LogP contribution in [0.2, 0.25) is 0 Å². The van der Waals surface area contributed by atoms with Gasteiger partial charge in [-0.3, -0.25) is 0 Å². The smallest absolute Gasteiger partial charge is 0.108 e. The van der Waals surface area contributed by atoms with Crippen molar-refractivity contribution in [3.63, 3.8) is 0 Å². The van der Waals surface area contributed by atoms with Gasteiger partial charge in [0.1, 0.15) is 5.01 Å². The molecule has 1 aromatic carbocycles. The molecule has 0 N–H and O–H groups in total. The van der Waals surface area contributed by atoms with Crippen LogP contribution >= 0.6 is 11.3 Å². The molecule has 0 aliphatic carbocycles. The van der Waals surface area contributed by atoms with E-state index in [1.807, 2.05) is 19.9 Å². The van der Waals surface area contributed by atoms with Gasteiger partial charge in [0.2, 0.25) is 0 Å². The van der Waals surface area contributed by atoms with E-state index in [9.17, 15) is 0 Å². The third kappa shape index (κ3) is 3.30. The number of hydrogen-bond donors (Lipinski definition) is 0. The minimum Gasteiger partial charge on any atom is -0.240 e. The number of rotatable bonds is 1. The van der Waals surface area contributed by atoms with Gasteiger partial charge in [0.15, 0.2) is 0 Å². The standard InChI is InChI=1S/C13H14N2S.C2H6/c1-13(2,3)9-4-5-10-11(8-9)16-12(15-10)6-7-14;1-2/h4-5,8H,6H2,1-3H3;1-2H3. The summed E-state index contributed by atoms with van der Waals surface area (Å²) >= 11 is 1.62. The summed E-state index contributed by atoms with van der Waals surface area (Å²) in [5.74, 6) is 0. The summed E-state index contributed by atoms with van der Waals surface area (Å²) in [7, 11) is 0. The second-order valence-electron chi connectivity index (χ2n) is 4.87. The number of benzene rings is 1. The van der Waals surface area contributed by atoms with Crippen molar-refractivity contribution in [3.8, 4) is 6.07 Å². The van der Waals surface area contributed by atoms with Crippen LogP contribution in [0.5, 0.6) is 0 Å². The molecular weight excluding hydrogens is 240 g/mol. The number of nitriles is 1. The van der Waals surface area contributed by atoms with Gasteiger partial charge in [0, 0.05) is 0 Å². The lowest BCUT2D eigenvalue weighted by molar-refractivity contribution is 0.591. The van der Waals surface area contributed by atoms with E-state index in [-0.39, 0.29) is 5.41 Å². The Morgan fingerprint density at radius 1 is 1.28 bits per heavy atom. The van der Waals surface area contributed by atoms with Crippen molar-refractivity contribution < 1.29 is 0 Å². The Balaban J connectivity index is 0.000000771. The molecule has 0 amide bonds. The first-order valence-electron chi connectivity index (χ1n) is 6.27. The van der Waals surface area contributed by atoms with E-state index in [2.05, 4.69) is 44.0 Å². The number of fused-ring (bicyclic) bond motifs is 1. The van der Waals surface area contributed by atoms with E-state index in [4.69, 9.17) is 5.26 Å². The molecule has 1 aromatic heterocycles. The lowest BCUT2D eigenvalue weighted by Gasteiger charge is -2.18. The van der Waals surface area contributed by atoms with Crippen molar-refractivity contribution in [2.24, 2.45) is 0 Å². The van der Waals surface area contributed by atoms with Crippen molar-refractivity contribution in [2.45, 2.75) is 46.5 Å². The molecule has 0 aliphatic rings. The lowest BCUT2D eigenvalue weighted by atomic mass is 9.87. The van der Waals surface area contributed by atoms with Gasteiger partial charge < -0.3 is 0 Å². The molecule has 0 radical (unpaired) electrons. The maximum absolute atomic E-state index is 8.65. The summed E-state index contributed by atoms with van der Waals surface area (Å²) in [6.45, 7) is 10.6. The maximum Gasteiger partial charge on any atom is 0.108 e. The quantitative estimate of drug-likeness (QED) is 0.746. The van der Waals surface area contributed by atoms with Crippen LogP contribution in [0, 0.1) is 11.3 Å². The first-order chi connectivity index (χ1) is 8.50. The van der Waals surface area contributed by atoms with Gasteiger partial charge in [-0.1, -0.05) is 40.7 Å². The summed E-state index contributed by atoms with van der Waals surface area (Å²) in [6, 6.07) is 8.50. The van der Waals surface area contributed by atoms with Crippen LogP contribution in [-0.4, -0.2) is 4.98 Å². The fourth-order valence-electron chi connectivity index (χ4n) is 1.58. The average molecular weight is 260 g/mol. The molecular formula is C15H20N2S. The van der Waals surface area contributed by atoms with E-state index in [1.54, 1.807) is 11.3 Å². The van der Waals surface area contributed by atoms with Crippen molar-refractivity contribution >= 4 is 21.6 Å². The molecule has 2 nitrogen and oxygen atoms in total. The van der Waals surface area contributed by atoms with Crippen molar-refractivity contribution in [3.05, 3.63) is 28.8 Å². The van der Waals surface area contributed by atoms with Crippen LogP contribution < -0.4 is 0 Å². The molecule has 0 saturated heterocycles. The van der Waals surface area contributed by atoms with Gasteiger partial charge in [0.25, 0.3) is 0 Å². The minimum absolute atomic E-state index is 0.160. The zero-order valence-corrected chi connectivity index (χ0v) is 12.6. The fraction of sp³-hybridized carbons (Fsp3) is 0.467. The summed E-state index contributed by atoms with van der Waals surface area (Å²) in [5, 5.41) is 9.55. The second kappa shape index (κ2) is 5.97. The monoisotopic (exact) mass is 260 g/mol. The number of hydrogen-bond acceptors (Lipinski definition) is 3. The molecule has 0 atom stereocenters. The van der Waals surface area contributed by atoms with Gasteiger partial charge in [0.05, 0.1) is 22.7 Å². The van der Waals surface area contributed by atoms with E-state index in [0.29, 0.717) is 6.42 Å². The lowest BCUT2D eigenvalue weighted by Crippen LogP contribution is -2.10. The van der Waals surface area contributed by atoms with Crippen molar-refractivity contribution in [1.29, 1.82) is 5.26 Å². The Hall–Kier alpha value is -1.40. The molecule has 0 saturated carbocycles. The van der Waals surface area contributed by atoms with E-state index in [1.165, 1.54) is 10.3 Å². The van der Waals surface area contributed by atoms with E-state index >= 15 is 0 Å². The van der Waals surface area contributed by atoms with Crippen molar-refractivity contribution in [2.75, 3.05) is 0 Å². The Labute approximate surface area is 113 Å². The third-order valence-corrected chi connectivity index (χ3v) is 3.55. The SMILES string of the molecule is CC.CC(C)(C)c1ccc2nc(CC#N)sc2c1. The molecule has 3 heteroatoms. The maximum atomic E-state index is 8.65. The van der Waals surface area contributed by atoms with Gasteiger partial charge in [-0.15, -0.1) is 11.3 Å². The molecule has 1 heterocycles. The summed E-state index contributed by atoms with van der Waals surface area (Å²) in [4.78, 5) is 4.42. The summed E-state index contributed by atoms with van der Waals surface area (Å²) in [5.41, 5.74) is 2.48. The normalized spacial score (nSPS) is 10.7. The Morgan fingerprint density at radius 3 is 2.50 bits per heavy atom. The number of thiazole rings is 1. The predicted molar refractivity (Wildman–Crippen MR) is 79.0 cm³/mol. The molecule has 0 fully saturated rings. The minimum atomic E-state index is 0.160. The second-order valence-corrected chi connectivity index (χ2v) is 5.99. The largest absolute Gasteiger partial charge is 0.240 e. The predicted octanol–water partition coefficient (Wildman–Crippen LogP) is 4.69. The highest BCUT2D eigenvalue weighted by atomic mass is 32.1. The van der Waals surface area contributed by atoms with Crippen LogP contribution in [0.25, 0.3) is 10.2 Å². The highest BCUT2D eigenvalue weighted by molar-refractivity contribution is 7.18. The van der Waals surface area contributed by atoms with Crippen LogP contribution in [0.15, 0.2) is 18.2 Å². The van der Waals surface area contributed by atoms with Crippen LogP contribution in [0.4, 0.5) is 0 Å². The highest BCUT2D eigenvalue weighted by Crippen LogP contribution is 2.29. The summed E-state index contributed by atoms with van der Waals surface area (Å²) < 4.78 is 1.18. The highest BCUT2D eigenvalue weighted by Gasteiger charge is 2.14. The van der Waals surface area contributed by atoms with Gasteiger partial charge in [-0.25, -0.2) is 4.98 Å². The van der Waals surface area contributed by atoms with Gasteiger partial charge in [-0.05, 0) is 23.1 Å². The molecule has 0 aliphatic heterocycles. The third-order valence-electron chi connectivity index (χ3n) is 2.53. The topological polar surface area (TPSA) is 36.7 Å². The Kier molecular flexibility index (Phi) is 4.86. The zero-order chi connectivity index (χ0) is 13.8. The summed E-state index contributed by atoms with van der Waals surface area (Å²) in [6.07, 6.45) is 0.407. The molecule has 0 unspecified atom stereocenters. The molecule has 96 valence electrons. The first-order valence-corrected chi connectivity index (χ1v) is 7.09. The van der Waals surface area contributed by atoms with Gasteiger partial charge >= 0.3 is 0 Å². The molecule has 0 bridgehead atoms. The van der Waals surface area contributed by atoms with Gasteiger partial charge in [-0.2, -0.15) is 5.26 Å². The van der Waals surface area contributed by atoms with Crippen molar-refractivity contribution in [1.82, 2.24) is 4.98 Å². The van der Waals surface area contributed by atoms with E-state index in [0.717, 1.165) is 10.5 Å². The average Bonchev–Trinajstić information content (AvgIpc) is 2.72. The number of aromatic nitrogens is 1. The first kappa shape index (κ1) is 14.7. The van der Waals surface area contributed by atoms with E-state index < -0.39 is 0 Å².